The van der Waals surface area contributed by atoms with Crippen molar-refractivity contribution in [3.63, 3.8) is 0 Å². The zero-order valence-electron chi connectivity index (χ0n) is 15.1. The molecule has 2 aromatic carbocycles. The number of nitrogens with one attached hydrogen (secondary N) is 1. The van der Waals surface area contributed by atoms with Gasteiger partial charge < -0.3 is 9.64 Å². The summed E-state index contributed by atoms with van der Waals surface area (Å²) in [5.41, 5.74) is 1.81. The van der Waals surface area contributed by atoms with E-state index in [-0.39, 0.29) is 22.5 Å². The molecule has 142 valence electrons. The van der Waals surface area contributed by atoms with Crippen molar-refractivity contribution in [3.05, 3.63) is 42.0 Å². The molecule has 27 heavy (non-hydrogen) atoms. The van der Waals surface area contributed by atoms with E-state index in [2.05, 4.69) is 11.6 Å². The second-order valence-electron chi connectivity index (χ2n) is 6.56. The fourth-order valence-corrected chi connectivity index (χ4v) is 5.93. The maximum absolute atomic E-state index is 13.0. The van der Waals surface area contributed by atoms with E-state index in [0.717, 1.165) is 10.6 Å². The summed E-state index contributed by atoms with van der Waals surface area (Å²) < 4.78 is 34.0. The Morgan fingerprint density at radius 2 is 1.96 bits per heavy atom. The Balaban J connectivity index is 1.68. The molecule has 0 saturated carbocycles. The van der Waals surface area contributed by atoms with Crippen LogP contribution in [0.15, 0.2) is 46.2 Å². The molecule has 0 spiro atoms. The van der Waals surface area contributed by atoms with Crippen LogP contribution in [0.1, 0.15) is 19.4 Å². The number of amides is 1. The Morgan fingerprint density at radius 1 is 1.22 bits per heavy atom. The van der Waals surface area contributed by atoms with Crippen LogP contribution in [-0.4, -0.2) is 32.7 Å². The van der Waals surface area contributed by atoms with Crippen molar-refractivity contribution in [2.24, 2.45) is 0 Å². The Morgan fingerprint density at radius 3 is 2.67 bits per heavy atom. The summed E-state index contributed by atoms with van der Waals surface area (Å²) in [6, 6.07) is 10.2. The number of hydrogen-bond acceptors (Lipinski definition) is 5. The first kappa shape index (κ1) is 18.2. The summed E-state index contributed by atoms with van der Waals surface area (Å²) in [5.74, 6) is 0.641. The Hall–Kier alpha value is -2.19. The van der Waals surface area contributed by atoms with Crippen LogP contribution in [0.4, 0.5) is 11.4 Å². The molecule has 1 N–H and O–H groups in total. The number of benzene rings is 2. The number of hydrogen-bond donors (Lipinski definition) is 1. The van der Waals surface area contributed by atoms with Crippen molar-refractivity contribution < 1.29 is 17.9 Å². The third-order valence-electron chi connectivity index (χ3n) is 4.58. The second kappa shape index (κ2) is 6.76. The van der Waals surface area contributed by atoms with Crippen LogP contribution in [-0.2, 0) is 21.2 Å². The lowest BCUT2D eigenvalue weighted by molar-refractivity contribution is -0.117. The van der Waals surface area contributed by atoms with Crippen LogP contribution >= 0.6 is 11.8 Å². The molecule has 4 rings (SSSR count). The van der Waals surface area contributed by atoms with Gasteiger partial charge in [0.15, 0.2) is 0 Å². The molecule has 0 unspecified atom stereocenters. The molecule has 6 nitrogen and oxygen atoms in total. The molecule has 1 amide bonds. The lowest BCUT2D eigenvalue weighted by atomic mass is 10.1. The van der Waals surface area contributed by atoms with Gasteiger partial charge in [0, 0.05) is 27.9 Å². The maximum Gasteiger partial charge on any atom is 0.262 e. The zero-order valence-corrected chi connectivity index (χ0v) is 16.7. The summed E-state index contributed by atoms with van der Waals surface area (Å²) in [6.07, 6.45) is 0.121. The van der Waals surface area contributed by atoms with E-state index in [1.165, 1.54) is 0 Å². The van der Waals surface area contributed by atoms with Crippen LogP contribution < -0.4 is 14.4 Å². The summed E-state index contributed by atoms with van der Waals surface area (Å²) in [5, 5.41) is 0.289. The van der Waals surface area contributed by atoms with Crippen LogP contribution in [0.25, 0.3) is 0 Å². The molecule has 2 aliphatic heterocycles. The van der Waals surface area contributed by atoms with Gasteiger partial charge in [-0.05, 0) is 43.3 Å². The first-order valence-corrected chi connectivity index (χ1v) is 11.1. The molecule has 0 saturated heterocycles. The predicted octanol–water partition coefficient (Wildman–Crippen LogP) is 3.27. The molecule has 2 aromatic rings. The normalized spacial score (nSPS) is 18.4. The summed E-state index contributed by atoms with van der Waals surface area (Å²) in [6.45, 7) is 5.11. The van der Waals surface area contributed by atoms with E-state index in [4.69, 9.17) is 4.74 Å². The Bertz CT molecular complexity index is 1000. The molecular formula is C19H20N2O4S2. The molecule has 1 atom stereocenters. The van der Waals surface area contributed by atoms with E-state index in [9.17, 15) is 13.2 Å². The van der Waals surface area contributed by atoms with E-state index < -0.39 is 10.0 Å². The standard InChI is InChI=1S/C19H20N2O4S2/c1-3-25-14-6-4-13(5-7-14)20-27(23,24)17-9-8-16-19-15(17)10-18(22)21(19)11-12(2)26-16/h4-9,12,20H,3,10-11H2,1-2H3/t12-/m0/s1. The molecule has 0 aliphatic carbocycles. The third-order valence-corrected chi connectivity index (χ3v) is 7.18. The minimum absolute atomic E-state index is 0.0397. The molecule has 2 heterocycles. The van der Waals surface area contributed by atoms with Gasteiger partial charge in [0.2, 0.25) is 5.91 Å². The zero-order chi connectivity index (χ0) is 19.2. The average molecular weight is 405 g/mol. The van der Waals surface area contributed by atoms with Crippen LogP contribution in [0.5, 0.6) is 5.75 Å². The number of rotatable bonds is 5. The monoisotopic (exact) mass is 404 g/mol. The molecule has 0 fully saturated rings. The van der Waals surface area contributed by atoms with Crippen molar-refractivity contribution in [3.8, 4) is 5.75 Å². The molecule has 2 aliphatic rings. The Labute approximate surface area is 163 Å². The molecule has 8 heteroatoms. The van der Waals surface area contributed by atoms with Crippen LogP contribution in [0, 0.1) is 0 Å². The van der Waals surface area contributed by atoms with Gasteiger partial charge in [0.1, 0.15) is 5.75 Å². The van der Waals surface area contributed by atoms with Crippen molar-refractivity contribution in [2.45, 2.75) is 35.3 Å². The summed E-state index contributed by atoms with van der Waals surface area (Å²) in [4.78, 5) is 15.3. The van der Waals surface area contributed by atoms with Gasteiger partial charge in [-0.1, -0.05) is 6.92 Å². The van der Waals surface area contributed by atoms with Gasteiger partial charge in [-0.25, -0.2) is 8.42 Å². The SMILES string of the molecule is CCOc1ccc(NS(=O)(=O)c2ccc3c4c2CC(=O)N4C[C@H](C)S3)cc1. The van der Waals surface area contributed by atoms with Crippen molar-refractivity contribution in [1.29, 1.82) is 0 Å². The van der Waals surface area contributed by atoms with Gasteiger partial charge in [0.25, 0.3) is 10.0 Å². The number of carbonyl (C=O) groups excluding carboxylic acids is 1. The van der Waals surface area contributed by atoms with Crippen molar-refractivity contribution in [2.75, 3.05) is 22.8 Å². The minimum Gasteiger partial charge on any atom is -0.494 e. The first-order chi connectivity index (χ1) is 12.9. The molecule has 0 bridgehead atoms. The average Bonchev–Trinajstić information content (AvgIpc) is 2.94. The predicted molar refractivity (Wildman–Crippen MR) is 106 cm³/mol. The van der Waals surface area contributed by atoms with Crippen LogP contribution in [0.3, 0.4) is 0 Å². The molecular weight excluding hydrogens is 384 g/mol. The summed E-state index contributed by atoms with van der Waals surface area (Å²) in [7, 11) is -3.80. The molecule has 0 aromatic heterocycles. The lowest BCUT2D eigenvalue weighted by Gasteiger charge is -2.29. The first-order valence-electron chi connectivity index (χ1n) is 8.77. The summed E-state index contributed by atoms with van der Waals surface area (Å²) >= 11 is 1.68. The third kappa shape index (κ3) is 3.27. The Kier molecular flexibility index (Phi) is 4.55. The highest BCUT2D eigenvalue weighted by molar-refractivity contribution is 8.00. The minimum atomic E-state index is -3.80. The number of carbonyl (C=O) groups is 1. The number of anilines is 2. The molecule has 0 radical (unpaired) electrons. The maximum atomic E-state index is 13.0. The highest BCUT2D eigenvalue weighted by atomic mass is 32.2. The fraction of sp³-hybridized carbons (Fsp3) is 0.316. The van der Waals surface area contributed by atoms with Crippen LogP contribution in [0.2, 0.25) is 0 Å². The van der Waals surface area contributed by atoms with Gasteiger partial charge in [-0.3, -0.25) is 9.52 Å². The van der Waals surface area contributed by atoms with Gasteiger partial charge >= 0.3 is 0 Å². The number of sulfonamides is 1. The van der Waals surface area contributed by atoms with E-state index in [1.807, 2.05) is 6.92 Å². The number of ether oxygens (including phenoxy) is 1. The number of nitrogens with zero attached hydrogens (tertiary/aromatic N) is 1. The largest absolute Gasteiger partial charge is 0.494 e. The van der Waals surface area contributed by atoms with Gasteiger partial charge in [0.05, 0.1) is 23.6 Å². The highest BCUT2D eigenvalue weighted by Crippen LogP contribution is 2.46. The van der Waals surface area contributed by atoms with Gasteiger partial charge in [-0.2, -0.15) is 0 Å². The van der Waals surface area contributed by atoms with E-state index in [1.54, 1.807) is 53.1 Å². The van der Waals surface area contributed by atoms with E-state index >= 15 is 0 Å². The smallest absolute Gasteiger partial charge is 0.262 e. The number of thioether (sulfide) groups is 1. The van der Waals surface area contributed by atoms with Crippen molar-refractivity contribution in [1.82, 2.24) is 0 Å². The fourth-order valence-electron chi connectivity index (χ4n) is 3.48. The highest BCUT2D eigenvalue weighted by Gasteiger charge is 2.38. The lowest BCUT2D eigenvalue weighted by Crippen LogP contribution is -2.35. The van der Waals surface area contributed by atoms with Crippen molar-refractivity contribution >= 4 is 39.1 Å². The quantitative estimate of drug-likeness (QED) is 0.828. The topological polar surface area (TPSA) is 75.7 Å². The van der Waals surface area contributed by atoms with E-state index in [0.29, 0.717) is 30.2 Å². The second-order valence-corrected chi connectivity index (χ2v) is 9.69. The van der Waals surface area contributed by atoms with Gasteiger partial charge in [-0.15, -0.1) is 11.8 Å².